The summed E-state index contributed by atoms with van der Waals surface area (Å²) in [5.41, 5.74) is 0.838. The van der Waals surface area contributed by atoms with Crippen LogP contribution < -0.4 is 20.4 Å². The Kier molecular flexibility index (Phi) is 9.35. The maximum absolute atomic E-state index is 15.8. The lowest BCUT2D eigenvalue weighted by atomic mass is 10.1. The molecule has 2 aromatic carbocycles. The molecule has 9 nitrogen and oxygen atoms in total. The molecule has 0 bridgehead atoms. The van der Waals surface area contributed by atoms with E-state index >= 15 is 4.39 Å². The number of carbonyl (C=O) groups excluding carboxylic acids is 1. The van der Waals surface area contributed by atoms with Gasteiger partial charge in [0.15, 0.2) is 11.6 Å². The molecular formula is C29H33Cl2FN4O5. The number of benzene rings is 2. The number of methoxy groups -OCH3 is 1. The van der Waals surface area contributed by atoms with Crippen molar-refractivity contribution in [3.8, 4) is 5.75 Å². The van der Waals surface area contributed by atoms with Crippen molar-refractivity contribution in [2.24, 2.45) is 0 Å². The largest absolute Gasteiger partial charge is 0.492 e. The third kappa shape index (κ3) is 6.47. The van der Waals surface area contributed by atoms with Crippen molar-refractivity contribution in [3.63, 3.8) is 0 Å². The summed E-state index contributed by atoms with van der Waals surface area (Å²) in [6.07, 6.45) is 3.33. The molecule has 1 aromatic heterocycles. The molecule has 2 fully saturated rings. The average Bonchev–Trinajstić information content (AvgIpc) is 3.81. The van der Waals surface area contributed by atoms with Crippen LogP contribution in [0.5, 0.6) is 5.75 Å². The lowest BCUT2D eigenvalue weighted by Crippen LogP contribution is -2.47. The van der Waals surface area contributed by atoms with E-state index in [-0.39, 0.29) is 30.1 Å². The Morgan fingerprint density at radius 2 is 1.90 bits per heavy atom. The van der Waals surface area contributed by atoms with Gasteiger partial charge in [0.25, 0.3) is 5.91 Å². The van der Waals surface area contributed by atoms with Gasteiger partial charge in [0.1, 0.15) is 11.3 Å². The summed E-state index contributed by atoms with van der Waals surface area (Å²) in [7, 11) is 1.48. The zero-order chi connectivity index (χ0) is 29.1. The van der Waals surface area contributed by atoms with Crippen LogP contribution in [0.3, 0.4) is 0 Å². The topological polar surface area (TPSA) is 96.3 Å². The predicted molar refractivity (Wildman–Crippen MR) is 157 cm³/mol. The number of hydrogen-bond acceptors (Lipinski definition) is 7. The van der Waals surface area contributed by atoms with Crippen LogP contribution in [-0.4, -0.2) is 80.1 Å². The van der Waals surface area contributed by atoms with E-state index < -0.39 is 17.2 Å². The van der Waals surface area contributed by atoms with Crippen LogP contribution in [0, 0.1) is 5.82 Å². The van der Waals surface area contributed by atoms with Gasteiger partial charge < -0.3 is 29.4 Å². The second-order valence-electron chi connectivity index (χ2n) is 10.2. The number of aliphatic hydroxyl groups is 1. The zero-order valence-electron chi connectivity index (χ0n) is 22.8. The molecule has 0 spiro atoms. The molecule has 2 heterocycles. The fourth-order valence-electron chi connectivity index (χ4n) is 5.22. The van der Waals surface area contributed by atoms with E-state index in [2.05, 4.69) is 10.2 Å². The molecule has 1 saturated carbocycles. The first-order chi connectivity index (χ1) is 19.8. The molecule has 1 aliphatic heterocycles. The highest BCUT2D eigenvalue weighted by Crippen LogP contribution is 2.43. The quantitative estimate of drug-likeness (QED) is 0.320. The molecule has 1 saturated heterocycles. The number of pyridine rings is 1. The summed E-state index contributed by atoms with van der Waals surface area (Å²) in [6.45, 7) is 4.19. The maximum Gasteiger partial charge on any atom is 0.257 e. The summed E-state index contributed by atoms with van der Waals surface area (Å²) < 4.78 is 28.8. The standard InChI is InChI=1S/C29H33Cl2FN4O5/c1-40-28-25-21(15-24(32)26(28)35-8-6-34(7-9-35)10-12-41-13-11-37)27(38)22(17-36(25)20-4-5-20)29(39)33-16-18-2-3-19(30)14-23(18)31/h2-3,14-15,17,20,37H,4-13,16H2,1H3,(H,33,39). The first-order valence-corrected chi connectivity index (χ1v) is 14.4. The Bertz CT molecular complexity index is 1490. The van der Waals surface area contributed by atoms with Gasteiger partial charge >= 0.3 is 0 Å². The second kappa shape index (κ2) is 13.0. The predicted octanol–water partition coefficient (Wildman–Crippen LogP) is 3.85. The Morgan fingerprint density at radius 3 is 2.56 bits per heavy atom. The van der Waals surface area contributed by atoms with E-state index in [4.69, 9.17) is 37.8 Å². The molecule has 3 aromatic rings. The summed E-state index contributed by atoms with van der Waals surface area (Å²) in [6, 6.07) is 6.28. The van der Waals surface area contributed by atoms with Crippen molar-refractivity contribution in [1.82, 2.24) is 14.8 Å². The molecule has 12 heteroatoms. The molecule has 2 aliphatic rings. The number of hydrogen-bond donors (Lipinski definition) is 2. The Balaban J connectivity index is 1.44. The molecule has 5 rings (SSSR count). The smallest absolute Gasteiger partial charge is 0.257 e. The van der Waals surface area contributed by atoms with Gasteiger partial charge in [-0.15, -0.1) is 0 Å². The van der Waals surface area contributed by atoms with E-state index in [0.717, 1.165) is 19.4 Å². The van der Waals surface area contributed by atoms with Crippen LogP contribution in [0.4, 0.5) is 10.1 Å². The van der Waals surface area contributed by atoms with E-state index in [1.807, 2.05) is 9.47 Å². The summed E-state index contributed by atoms with van der Waals surface area (Å²) >= 11 is 12.2. The number of nitrogens with zero attached hydrogens (tertiary/aromatic N) is 3. The highest BCUT2D eigenvalue weighted by molar-refractivity contribution is 6.35. The lowest BCUT2D eigenvalue weighted by molar-refractivity contribution is 0.0724. The fourth-order valence-corrected chi connectivity index (χ4v) is 5.70. The van der Waals surface area contributed by atoms with Crippen molar-refractivity contribution in [3.05, 3.63) is 67.7 Å². The molecule has 0 unspecified atom stereocenters. The molecule has 1 amide bonds. The normalized spacial score (nSPS) is 15.9. The fraction of sp³-hybridized carbons (Fsp3) is 0.448. The minimum atomic E-state index is -0.570. The van der Waals surface area contributed by atoms with Crippen LogP contribution in [0.15, 0.2) is 35.3 Å². The molecule has 1 aliphatic carbocycles. The van der Waals surface area contributed by atoms with E-state index in [9.17, 15) is 9.59 Å². The Labute approximate surface area is 247 Å². The molecule has 0 radical (unpaired) electrons. The molecule has 220 valence electrons. The van der Waals surface area contributed by atoms with Gasteiger partial charge in [-0.1, -0.05) is 29.3 Å². The number of nitrogens with one attached hydrogen (secondary N) is 1. The van der Waals surface area contributed by atoms with Gasteiger partial charge in [0.05, 0.1) is 37.8 Å². The van der Waals surface area contributed by atoms with Crippen LogP contribution >= 0.6 is 23.2 Å². The average molecular weight is 608 g/mol. The first-order valence-electron chi connectivity index (χ1n) is 13.7. The van der Waals surface area contributed by atoms with E-state index in [1.54, 1.807) is 24.4 Å². The summed E-state index contributed by atoms with van der Waals surface area (Å²) in [5, 5.41) is 12.6. The highest BCUT2D eigenvalue weighted by Gasteiger charge is 2.32. The maximum atomic E-state index is 15.8. The SMILES string of the molecule is COc1c(N2CCN(CCOCCO)CC2)c(F)cc2c(=O)c(C(=O)NCc3ccc(Cl)cc3Cl)cn(C3CC3)c12. The van der Waals surface area contributed by atoms with Crippen LogP contribution in [0.25, 0.3) is 10.9 Å². The summed E-state index contributed by atoms with van der Waals surface area (Å²) in [5.74, 6) is -0.845. The number of halogens is 3. The number of amides is 1. The van der Waals surface area contributed by atoms with E-state index in [0.29, 0.717) is 72.0 Å². The highest BCUT2D eigenvalue weighted by atomic mass is 35.5. The van der Waals surface area contributed by atoms with Gasteiger partial charge in [0.2, 0.25) is 5.43 Å². The number of carbonyl (C=O) groups is 1. The molecule has 0 atom stereocenters. The number of ether oxygens (including phenoxy) is 2. The number of aromatic nitrogens is 1. The third-order valence-electron chi connectivity index (χ3n) is 7.52. The monoisotopic (exact) mass is 606 g/mol. The van der Waals surface area contributed by atoms with Crippen LogP contribution in [-0.2, 0) is 11.3 Å². The minimum Gasteiger partial charge on any atom is -0.492 e. The van der Waals surface area contributed by atoms with Crippen molar-refractivity contribution >= 4 is 45.7 Å². The second-order valence-corrected chi connectivity index (χ2v) is 11.1. The number of anilines is 1. The molecule has 2 N–H and O–H groups in total. The van der Waals surface area contributed by atoms with Crippen LogP contribution in [0.1, 0.15) is 34.8 Å². The minimum absolute atomic E-state index is 0.00874. The van der Waals surface area contributed by atoms with Crippen molar-refractivity contribution < 1.29 is 23.8 Å². The number of rotatable bonds is 11. The van der Waals surface area contributed by atoms with Gasteiger partial charge in [-0.2, -0.15) is 0 Å². The zero-order valence-corrected chi connectivity index (χ0v) is 24.3. The lowest BCUT2D eigenvalue weighted by Gasteiger charge is -2.37. The van der Waals surface area contributed by atoms with Gasteiger partial charge in [-0.25, -0.2) is 4.39 Å². The van der Waals surface area contributed by atoms with Gasteiger partial charge in [-0.3, -0.25) is 14.5 Å². The van der Waals surface area contributed by atoms with Crippen LogP contribution in [0.2, 0.25) is 10.0 Å². The van der Waals surface area contributed by atoms with Crippen molar-refractivity contribution in [2.75, 3.05) is 64.6 Å². The van der Waals surface area contributed by atoms with Crippen molar-refractivity contribution in [2.45, 2.75) is 25.4 Å². The van der Waals surface area contributed by atoms with Gasteiger partial charge in [0, 0.05) is 61.6 Å². The number of fused-ring (bicyclic) bond motifs is 1. The number of piperazine rings is 1. The Morgan fingerprint density at radius 1 is 1.15 bits per heavy atom. The number of aliphatic hydroxyl groups excluding tert-OH is 1. The molecule has 41 heavy (non-hydrogen) atoms. The first kappa shape index (κ1) is 29.6. The van der Waals surface area contributed by atoms with E-state index in [1.165, 1.54) is 13.2 Å². The Hall–Kier alpha value is -2.89. The van der Waals surface area contributed by atoms with Gasteiger partial charge in [-0.05, 0) is 36.6 Å². The molecular weight excluding hydrogens is 574 g/mol. The summed E-state index contributed by atoms with van der Waals surface area (Å²) in [4.78, 5) is 31.0. The third-order valence-corrected chi connectivity index (χ3v) is 8.10. The van der Waals surface area contributed by atoms with Crippen molar-refractivity contribution in [1.29, 1.82) is 0 Å².